The Labute approximate surface area is 126 Å². The SMILES string of the molecule is Cc1cc(C)cc(N2CCC(=O)NC(CC(C)C)C2=O)c1. The van der Waals surface area contributed by atoms with Gasteiger partial charge in [-0.05, 0) is 49.4 Å². The second-order valence-electron chi connectivity index (χ2n) is 6.34. The Morgan fingerprint density at radius 1 is 1.19 bits per heavy atom. The Kier molecular flexibility index (Phi) is 4.66. The van der Waals surface area contributed by atoms with E-state index < -0.39 is 6.04 Å². The first-order chi connectivity index (χ1) is 9.86. The van der Waals surface area contributed by atoms with Crippen molar-refractivity contribution in [3.05, 3.63) is 29.3 Å². The minimum absolute atomic E-state index is 0.000417. The maximum atomic E-state index is 12.8. The molecule has 1 unspecified atom stereocenters. The summed E-state index contributed by atoms with van der Waals surface area (Å²) in [7, 11) is 0. The van der Waals surface area contributed by atoms with Crippen molar-refractivity contribution in [2.24, 2.45) is 5.92 Å². The zero-order valence-electron chi connectivity index (χ0n) is 13.3. The van der Waals surface area contributed by atoms with E-state index in [4.69, 9.17) is 0 Å². The van der Waals surface area contributed by atoms with Gasteiger partial charge in [0.15, 0.2) is 0 Å². The van der Waals surface area contributed by atoms with Gasteiger partial charge >= 0.3 is 0 Å². The third-order valence-corrected chi connectivity index (χ3v) is 3.69. The summed E-state index contributed by atoms with van der Waals surface area (Å²) in [6.07, 6.45) is 1.03. The Morgan fingerprint density at radius 3 is 2.38 bits per heavy atom. The van der Waals surface area contributed by atoms with Crippen LogP contribution in [0.25, 0.3) is 0 Å². The van der Waals surface area contributed by atoms with Crippen LogP contribution in [0.5, 0.6) is 0 Å². The van der Waals surface area contributed by atoms with Gasteiger partial charge in [0.05, 0.1) is 0 Å². The Hall–Kier alpha value is -1.84. The van der Waals surface area contributed by atoms with Crippen LogP contribution in [-0.4, -0.2) is 24.4 Å². The first kappa shape index (κ1) is 15.5. The van der Waals surface area contributed by atoms with Crippen molar-refractivity contribution in [3.8, 4) is 0 Å². The fourth-order valence-electron chi connectivity index (χ4n) is 2.83. The largest absolute Gasteiger partial charge is 0.344 e. The lowest BCUT2D eigenvalue weighted by atomic mass is 10.0. The smallest absolute Gasteiger partial charge is 0.249 e. The molecule has 0 bridgehead atoms. The van der Waals surface area contributed by atoms with Gasteiger partial charge in [-0.1, -0.05) is 19.9 Å². The van der Waals surface area contributed by atoms with Crippen LogP contribution in [0.3, 0.4) is 0 Å². The third kappa shape index (κ3) is 3.84. The van der Waals surface area contributed by atoms with Crippen LogP contribution in [0.15, 0.2) is 18.2 Å². The molecule has 0 radical (unpaired) electrons. The molecule has 1 N–H and O–H groups in total. The number of anilines is 1. The fraction of sp³-hybridized carbons (Fsp3) is 0.529. The summed E-state index contributed by atoms with van der Waals surface area (Å²) < 4.78 is 0. The van der Waals surface area contributed by atoms with E-state index in [2.05, 4.69) is 25.2 Å². The molecule has 0 saturated carbocycles. The van der Waals surface area contributed by atoms with Gasteiger partial charge < -0.3 is 10.2 Å². The van der Waals surface area contributed by atoms with Crippen molar-refractivity contribution in [2.45, 2.75) is 46.6 Å². The molecule has 1 heterocycles. The average Bonchev–Trinajstić information content (AvgIpc) is 2.48. The lowest BCUT2D eigenvalue weighted by Crippen LogP contribution is -2.45. The molecular weight excluding hydrogens is 264 g/mol. The molecule has 1 aliphatic heterocycles. The monoisotopic (exact) mass is 288 g/mol. The summed E-state index contributed by atoms with van der Waals surface area (Å²) in [6.45, 7) is 8.61. The molecule has 4 heteroatoms. The number of hydrogen-bond acceptors (Lipinski definition) is 2. The van der Waals surface area contributed by atoms with Crippen LogP contribution in [0, 0.1) is 19.8 Å². The molecule has 1 aromatic rings. The minimum Gasteiger partial charge on any atom is -0.344 e. The first-order valence-electron chi connectivity index (χ1n) is 7.56. The number of benzene rings is 1. The molecule has 21 heavy (non-hydrogen) atoms. The minimum atomic E-state index is -0.416. The molecule has 1 saturated heterocycles. The zero-order valence-corrected chi connectivity index (χ0v) is 13.3. The van der Waals surface area contributed by atoms with Gasteiger partial charge in [-0.3, -0.25) is 9.59 Å². The number of amides is 2. The maximum absolute atomic E-state index is 12.8. The van der Waals surface area contributed by atoms with Crippen LogP contribution >= 0.6 is 0 Å². The van der Waals surface area contributed by atoms with Crippen LogP contribution in [0.4, 0.5) is 5.69 Å². The predicted octanol–water partition coefficient (Wildman–Crippen LogP) is 2.57. The number of aryl methyl sites for hydroxylation is 2. The molecule has 4 nitrogen and oxygen atoms in total. The van der Waals surface area contributed by atoms with Crippen molar-refractivity contribution >= 4 is 17.5 Å². The van der Waals surface area contributed by atoms with E-state index in [1.54, 1.807) is 4.90 Å². The molecule has 0 aliphatic carbocycles. The third-order valence-electron chi connectivity index (χ3n) is 3.69. The van der Waals surface area contributed by atoms with Gasteiger partial charge in [0.2, 0.25) is 11.8 Å². The number of carbonyl (C=O) groups is 2. The molecular formula is C17H24N2O2. The van der Waals surface area contributed by atoms with Crippen LogP contribution in [0.1, 0.15) is 37.8 Å². The van der Waals surface area contributed by atoms with E-state index in [0.29, 0.717) is 25.3 Å². The topological polar surface area (TPSA) is 49.4 Å². The van der Waals surface area contributed by atoms with Gasteiger partial charge in [0, 0.05) is 18.7 Å². The summed E-state index contributed by atoms with van der Waals surface area (Å²) in [6, 6.07) is 5.68. The van der Waals surface area contributed by atoms with Crippen LogP contribution < -0.4 is 10.2 Å². The molecule has 2 amide bonds. The number of nitrogens with one attached hydrogen (secondary N) is 1. The summed E-state index contributed by atoms with van der Waals surface area (Å²) in [4.78, 5) is 26.4. The average molecular weight is 288 g/mol. The van der Waals surface area contributed by atoms with Crippen LogP contribution in [-0.2, 0) is 9.59 Å². The molecule has 2 rings (SSSR count). The summed E-state index contributed by atoms with van der Waals surface area (Å²) in [5, 5.41) is 2.86. The quantitative estimate of drug-likeness (QED) is 0.929. The molecule has 1 atom stereocenters. The number of carbonyl (C=O) groups excluding carboxylic acids is 2. The summed E-state index contributed by atoms with van der Waals surface area (Å²) in [5.41, 5.74) is 3.14. The number of nitrogens with zero attached hydrogens (tertiary/aromatic N) is 1. The number of rotatable bonds is 3. The van der Waals surface area contributed by atoms with E-state index in [9.17, 15) is 9.59 Å². The standard InChI is InChI=1S/C17H24N2O2/c1-11(2)7-15-17(21)19(6-5-16(20)18-15)14-9-12(3)8-13(4)10-14/h8-11,15H,5-7H2,1-4H3,(H,18,20). The normalized spacial score (nSPS) is 19.7. The molecule has 1 aliphatic rings. The Bertz CT molecular complexity index is 531. The van der Waals surface area contributed by atoms with Crippen LogP contribution in [0.2, 0.25) is 0 Å². The van der Waals surface area contributed by atoms with Gasteiger partial charge in [-0.2, -0.15) is 0 Å². The van der Waals surface area contributed by atoms with E-state index in [1.165, 1.54) is 0 Å². The molecule has 0 spiro atoms. The van der Waals surface area contributed by atoms with Crippen molar-refractivity contribution in [1.29, 1.82) is 0 Å². The van der Waals surface area contributed by atoms with Gasteiger partial charge in [-0.15, -0.1) is 0 Å². The maximum Gasteiger partial charge on any atom is 0.249 e. The van der Waals surface area contributed by atoms with Gasteiger partial charge in [-0.25, -0.2) is 0 Å². The molecule has 1 fully saturated rings. The highest BCUT2D eigenvalue weighted by Gasteiger charge is 2.31. The first-order valence-corrected chi connectivity index (χ1v) is 7.56. The van der Waals surface area contributed by atoms with Crippen molar-refractivity contribution in [1.82, 2.24) is 5.32 Å². The Morgan fingerprint density at radius 2 is 1.81 bits per heavy atom. The zero-order chi connectivity index (χ0) is 15.6. The lowest BCUT2D eigenvalue weighted by Gasteiger charge is -2.25. The molecule has 114 valence electrons. The van der Waals surface area contributed by atoms with Gasteiger partial charge in [0.1, 0.15) is 6.04 Å². The van der Waals surface area contributed by atoms with Crippen molar-refractivity contribution < 1.29 is 9.59 Å². The van der Waals surface area contributed by atoms with Crippen molar-refractivity contribution in [2.75, 3.05) is 11.4 Å². The lowest BCUT2D eigenvalue weighted by molar-refractivity contribution is -0.125. The summed E-state index contributed by atoms with van der Waals surface area (Å²) >= 11 is 0. The van der Waals surface area contributed by atoms with E-state index in [-0.39, 0.29) is 11.8 Å². The fourth-order valence-corrected chi connectivity index (χ4v) is 2.83. The summed E-state index contributed by atoms with van der Waals surface area (Å²) in [5.74, 6) is 0.318. The highest BCUT2D eigenvalue weighted by Crippen LogP contribution is 2.22. The second kappa shape index (κ2) is 6.29. The van der Waals surface area contributed by atoms with E-state index in [0.717, 1.165) is 16.8 Å². The number of hydrogen-bond donors (Lipinski definition) is 1. The molecule has 0 aromatic heterocycles. The highest BCUT2D eigenvalue weighted by atomic mass is 16.2. The van der Waals surface area contributed by atoms with Gasteiger partial charge in [0.25, 0.3) is 0 Å². The second-order valence-corrected chi connectivity index (χ2v) is 6.34. The van der Waals surface area contributed by atoms with E-state index in [1.807, 2.05) is 26.0 Å². The van der Waals surface area contributed by atoms with Crippen molar-refractivity contribution in [3.63, 3.8) is 0 Å². The van der Waals surface area contributed by atoms with E-state index >= 15 is 0 Å². The molecule has 1 aromatic carbocycles. The predicted molar refractivity (Wildman–Crippen MR) is 84.3 cm³/mol. The Balaban J connectivity index is 2.32. The highest BCUT2D eigenvalue weighted by molar-refractivity contribution is 6.01.